The first-order chi connectivity index (χ1) is 16.4. The van der Waals surface area contributed by atoms with E-state index in [9.17, 15) is 58.7 Å². The first-order valence-electron chi connectivity index (χ1n) is 8.87. The van der Waals surface area contributed by atoms with Crippen molar-refractivity contribution >= 4 is 24.6 Å². The van der Waals surface area contributed by atoms with Crippen molar-refractivity contribution in [3.8, 4) is 0 Å². The number of cyclic esters (lactones) is 8. The largest absolute Gasteiger partial charge is 0.513 e. The third-order valence-corrected chi connectivity index (χ3v) is 3.39. The van der Waals surface area contributed by atoms with Crippen molar-refractivity contribution in [2.75, 3.05) is 13.2 Å². The number of ether oxygens (including phenoxy) is 8. The van der Waals surface area contributed by atoms with E-state index in [4.69, 9.17) is 0 Å². The fourth-order valence-corrected chi connectivity index (χ4v) is 1.89. The van der Waals surface area contributed by atoms with Crippen LogP contribution in [0.5, 0.6) is 0 Å². The molecule has 12 nitrogen and oxygen atoms in total. The molecule has 0 radical (unpaired) electrons. The van der Waals surface area contributed by atoms with Gasteiger partial charge in [0, 0.05) is 0 Å². The molecule has 0 amide bonds. The molecule has 0 N–H and O–H groups in total. The monoisotopic (exact) mass is 556 g/mol. The van der Waals surface area contributed by atoms with Crippen molar-refractivity contribution in [2.24, 2.45) is 0 Å². The number of carbonyl (C=O) groups is 4. The van der Waals surface area contributed by atoms with Gasteiger partial charge in [-0.25, -0.2) is 19.2 Å². The van der Waals surface area contributed by atoms with E-state index in [0.29, 0.717) is 0 Å². The zero-order valence-corrected chi connectivity index (χ0v) is 17.2. The molecular weight excluding hydrogens is 543 g/mol. The normalized spacial score (nSPS) is 30.6. The molecule has 4 rings (SSSR count). The summed E-state index contributed by atoms with van der Waals surface area (Å²) in [5, 5.41) is 0. The van der Waals surface area contributed by atoms with Gasteiger partial charge in [0.2, 0.25) is 12.2 Å². The maximum absolute atomic E-state index is 11.8. The fourth-order valence-electron chi connectivity index (χ4n) is 1.89. The Labute approximate surface area is 192 Å². The minimum Gasteiger partial charge on any atom is -0.430 e. The Morgan fingerprint density at radius 1 is 0.611 bits per heavy atom. The summed E-state index contributed by atoms with van der Waals surface area (Å²) in [5.41, 5.74) is 0. The quantitative estimate of drug-likeness (QED) is 0.244. The van der Waals surface area contributed by atoms with E-state index in [2.05, 4.69) is 37.9 Å². The third-order valence-electron chi connectivity index (χ3n) is 3.39. The minimum absolute atomic E-state index is 0.265. The molecule has 4 aliphatic rings. The van der Waals surface area contributed by atoms with Gasteiger partial charge in [0.25, 0.3) is 6.36 Å². The Hall–Kier alpha value is -3.55. The number of alkyl halides is 9. The fraction of sp³-hybridized carbons (Fsp3) is 0.733. The van der Waals surface area contributed by atoms with Crippen LogP contribution in [-0.4, -0.2) is 87.6 Å². The van der Waals surface area contributed by atoms with Crippen LogP contribution in [0.2, 0.25) is 0 Å². The van der Waals surface area contributed by atoms with Crippen LogP contribution in [0.3, 0.4) is 0 Å². The van der Waals surface area contributed by atoms with Gasteiger partial charge in [-0.1, -0.05) is 0 Å². The number of hydrogen-bond acceptors (Lipinski definition) is 12. The van der Waals surface area contributed by atoms with Crippen molar-refractivity contribution in [1.29, 1.82) is 0 Å². The predicted octanol–water partition coefficient (Wildman–Crippen LogP) is 3.75. The number of carbonyl (C=O) groups excluding carboxylic acids is 4. The molecule has 4 fully saturated rings. The van der Waals surface area contributed by atoms with E-state index < -0.39 is 81.0 Å². The molecule has 0 aromatic heterocycles. The maximum Gasteiger partial charge on any atom is 0.513 e. The van der Waals surface area contributed by atoms with Crippen LogP contribution in [0.4, 0.5) is 58.7 Å². The highest BCUT2D eigenvalue weighted by Gasteiger charge is 2.52. The summed E-state index contributed by atoms with van der Waals surface area (Å²) in [6.07, 6.45) is -25.3. The van der Waals surface area contributed by atoms with Crippen LogP contribution in [0.1, 0.15) is 6.92 Å². The van der Waals surface area contributed by atoms with E-state index in [1.807, 2.05) is 0 Å². The molecule has 6 atom stereocenters. The lowest BCUT2D eigenvalue weighted by Gasteiger charge is -2.13. The Morgan fingerprint density at radius 3 is 1.25 bits per heavy atom. The number of hydrogen-bond donors (Lipinski definition) is 0. The smallest absolute Gasteiger partial charge is 0.430 e. The van der Waals surface area contributed by atoms with E-state index in [1.165, 1.54) is 0 Å². The van der Waals surface area contributed by atoms with E-state index in [-0.39, 0.29) is 6.61 Å². The Morgan fingerprint density at radius 2 is 1.08 bits per heavy atom. The lowest BCUT2D eigenvalue weighted by Crippen LogP contribution is -2.35. The highest BCUT2D eigenvalue weighted by Crippen LogP contribution is 2.31. The van der Waals surface area contributed by atoms with Gasteiger partial charge in [-0.2, -0.15) is 39.5 Å². The van der Waals surface area contributed by atoms with Gasteiger partial charge in [0.15, 0.2) is 6.61 Å². The molecule has 21 heteroatoms. The van der Waals surface area contributed by atoms with E-state index in [0.717, 1.165) is 6.92 Å². The highest BCUT2D eigenvalue weighted by atomic mass is 19.4. The van der Waals surface area contributed by atoms with Gasteiger partial charge in [0.1, 0.15) is 12.7 Å². The van der Waals surface area contributed by atoms with Crippen molar-refractivity contribution in [2.45, 2.75) is 56.7 Å². The Kier molecular flexibility index (Phi) is 10.5. The van der Waals surface area contributed by atoms with Crippen LogP contribution in [-0.2, 0) is 37.9 Å². The molecule has 0 aromatic rings. The summed E-state index contributed by atoms with van der Waals surface area (Å²) < 4.78 is 136. The van der Waals surface area contributed by atoms with Gasteiger partial charge in [-0.15, -0.1) is 0 Å². The van der Waals surface area contributed by atoms with Crippen LogP contribution < -0.4 is 0 Å². The molecule has 0 aliphatic carbocycles. The van der Waals surface area contributed by atoms with Crippen molar-refractivity contribution < 1.29 is 96.6 Å². The molecular formula is C15H13F9O12. The predicted molar refractivity (Wildman–Crippen MR) is 83.8 cm³/mol. The number of halogens is 9. The average Bonchev–Trinajstić information content (AvgIpc) is 3.47. The summed E-state index contributed by atoms with van der Waals surface area (Å²) in [5.74, 6) is 0. The zero-order valence-electron chi connectivity index (χ0n) is 17.2. The Bertz CT molecular complexity index is 777. The summed E-state index contributed by atoms with van der Waals surface area (Å²) in [6, 6.07) is 0. The summed E-state index contributed by atoms with van der Waals surface area (Å²) in [4.78, 5) is 39.6. The summed E-state index contributed by atoms with van der Waals surface area (Å²) >= 11 is 0. The molecule has 208 valence electrons. The lowest BCUT2D eigenvalue weighted by molar-refractivity contribution is -0.201. The van der Waals surface area contributed by atoms with Gasteiger partial charge in [0.05, 0.1) is 0 Å². The SMILES string of the molecule is CC1OC(=O)OC1C(F)(F)F.O=C1OC(F)C(F)O1.O=C1OCC(C(F)(F)F)O1.O=C1OCC(F)O1. The summed E-state index contributed by atoms with van der Waals surface area (Å²) in [7, 11) is 0. The zero-order chi connectivity index (χ0) is 27.8. The van der Waals surface area contributed by atoms with Crippen LogP contribution in [0, 0.1) is 0 Å². The van der Waals surface area contributed by atoms with Gasteiger partial charge in [-0.3, -0.25) is 0 Å². The Balaban J connectivity index is 0.000000243. The maximum atomic E-state index is 11.8. The van der Waals surface area contributed by atoms with Crippen LogP contribution in [0.15, 0.2) is 0 Å². The second kappa shape index (κ2) is 12.4. The second-order valence-corrected chi connectivity index (χ2v) is 6.14. The van der Waals surface area contributed by atoms with Gasteiger partial charge in [-0.05, 0) is 6.92 Å². The molecule has 0 saturated carbocycles. The van der Waals surface area contributed by atoms with Crippen molar-refractivity contribution in [3.05, 3.63) is 0 Å². The third kappa shape index (κ3) is 10.4. The molecule has 6 unspecified atom stereocenters. The van der Waals surface area contributed by atoms with Crippen LogP contribution >= 0.6 is 0 Å². The van der Waals surface area contributed by atoms with E-state index in [1.54, 1.807) is 0 Å². The summed E-state index contributed by atoms with van der Waals surface area (Å²) in [6.45, 7) is 0.129. The van der Waals surface area contributed by atoms with Gasteiger partial charge >= 0.3 is 49.7 Å². The first kappa shape index (κ1) is 30.5. The molecule has 4 heterocycles. The molecule has 4 aliphatic heterocycles. The molecule has 0 spiro atoms. The first-order valence-corrected chi connectivity index (χ1v) is 8.87. The molecule has 4 saturated heterocycles. The highest BCUT2D eigenvalue weighted by molar-refractivity contribution is 5.63. The average molecular weight is 556 g/mol. The van der Waals surface area contributed by atoms with Crippen LogP contribution in [0.25, 0.3) is 0 Å². The van der Waals surface area contributed by atoms with Crippen molar-refractivity contribution in [1.82, 2.24) is 0 Å². The lowest BCUT2D eigenvalue weighted by atomic mass is 10.2. The van der Waals surface area contributed by atoms with Gasteiger partial charge < -0.3 is 37.9 Å². The van der Waals surface area contributed by atoms with Crippen molar-refractivity contribution in [3.63, 3.8) is 0 Å². The topological polar surface area (TPSA) is 142 Å². The minimum atomic E-state index is -4.54. The number of rotatable bonds is 0. The van der Waals surface area contributed by atoms with E-state index >= 15 is 0 Å². The second-order valence-electron chi connectivity index (χ2n) is 6.14. The standard InChI is InChI=1S/C5H5F3O3.C4H3F3O3.C3H2F2O3.C3H3FO3/c1-2-3(5(6,7)8)11-4(9)10-2;5-4(6,7)2-1-9-3(8)10-2;4-1-2(5)8-3(6)7-1;4-2-1-6-3(5)7-2/h2-3H,1H3;2H,1H2;1-2H;2H,1H2. The molecule has 0 bridgehead atoms. The molecule has 36 heavy (non-hydrogen) atoms. The molecule has 0 aromatic carbocycles.